The van der Waals surface area contributed by atoms with Crippen molar-refractivity contribution >= 4 is 63.4 Å². The molecule has 2 aromatic carbocycles. The van der Waals surface area contributed by atoms with Crippen LogP contribution in [0.25, 0.3) is 0 Å². The van der Waals surface area contributed by atoms with Gasteiger partial charge in [0.2, 0.25) is 5.91 Å². The molecule has 3 N–H and O–H groups in total. The van der Waals surface area contributed by atoms with Crippen molar-refractivity contribution in [3.05, 3.63) is 68.6 Å². The van der Waals surface area contributed by atoms with Gasteiger partial charge >= 0.3 is 12.1 Å². The van der Waals surface area contributed by atoms with Crippen LogP contribution in [0.1, 0.15) is 16.8 Å². The summed E-state index contributed by atoms with van der Waals surface area (Å²) < 4.78 is 43.5. The van der Waals surface area contributed by atoms with Crippen molar-refractivity contribution in [2.24, 2.45) is 5.10 Å². The highest BCUT2D eigenvalue weighted by Crippen LogP contribution is 2.34. The number of nitrogens with one attached hydrogen (secondary N) is 2. The van der Waals surface area contributed by atoms with Gasteiger partial charge in [-0.1, -0.05) is 29.3 Å². The molecule has 3 rings (SSSR count). The Balaban J connectivity index is 1.55. The average molecular weight is 547 g/mol. The number of thiazole rings is 1. The number of halogens is 5. The van der Waals surface area contributed by atoms with Gasteiger partial charge in [-0.25, -0.2) is 15.2 Å². The summed E-state index contributed by atoms with van der Waals surface area (Å²) in [5, 5.41) is 17.3. The van der Waals surface area contributed by atoms with Gasteiger partial charge in [-0.3, -0.25) is 4.79 Å². The predicted molar refractivity (Wildman–Crippen MR) is 126 cm³/mol. The van der Waals surface area contributed by atoms with Crippen molar-refractivity contribution in [3.8, 4) is 5.75 Å². The summed E-state index contributed by atoms with van der Waals surface area (Å²) in [7, 11) is 0. The Morgan fingerprint density at radius 1 is 1.20 bits per heavy atom. The van der Waals surface area contributed by atoms with Crippen LogP contribution >= 0.6 is 34.5 Å². The molecule has 0 spiro atoms. The monoisotopic (exact) mass is 546 g/mol. The van der Waals surface area contributed by atoms with Crippen LogP contribution in [0.3, 0.4) is 0 Å². The van der Waals surface area contributed by atoms with Crippen LogP contribution in [-0.4, -0.2) is 34.8 Å². The average Bonchev–Trinajstić information content (AvgIpc) is 3.19. The lowest BCUT2D eigenvalue weighted by molar-refractivity contribution is -0.139. The molecule has 14 heteroatoms. The molecule has 0 saturated carbocycles. The summed E-state index contributed by atoms with van der Waals surface area (Å²) in [5.74, 6) is -1.67. The Morgan fingerprint density at radius 3 is 2.57 bits per heavy atom. The van der Waals surface area contributed by atoms with Crippen molar-refractivity contribution in [1.82, 2.24) is 10.4 Å². The molecule has 8 nitrogen and oxygen atoms in total. The minimum absolute atomic E-state index is 0.00926. The SMILES string of the molecule is O=C(O)COc1c(Cl)cc(/C=N\NC(=O)Cc2csc(Nc3cccc(C(F)(F)F)c3)n2)cc1Cl. The van der Waals surface area contributed by atoms with Crippen LogP contribution in [-0.2, 0) is 22.2 Å². The van der Waals surface area contributed by atoms with E-state index in [4.69, 9.17) is 33.0 Å². The van der Waals surface area contributed by atoms with E-state index >= 15 is 0 Å². The fourth-order valence-electron chi connectivity index (χ4n) is 2.65. The van der Waals surface area contributed by atoms with E-state index in [1.54, 1.807) is 5.38 Å². The zero-order valence-corrected chi connectivity index (χ0v) is 19.7. The summed E-state index contributed by atoms with van der Waals surface area (Å²) in [5.41, 5.74) is 2.55. The number of carboxylic acid groups (broad SMARTS) is 1. The standard InChI is InChI=1S/C21H15Cl2F3N4O4S/c22-15-4-11(5-16(23)19(15)34-9-18(32)33)8-27-30-17(31)7-14-10-35-20(29-14)28-13-3-1-2-12(6-13)21(24,25)26/h1-6,8,10H,7,9H2,(H,28,29)(H,30,31)(H,32,33)/b27-8-. The first-order valence-corrected chi connectivity index (χ1v) is 11.2. The largest absolute Gasteiger partial charge is 0.479 e. The van der Waals surface area contributed by atoms with Crippen molar-refractivity contribution in [1.29, 1.82) is 0 Å². The van der Waals surface area contributed by atoms with Gasteiger partial charge in [-0.2, -0.15) is 18.3 Å². The normalized spacial score (nSPS) is 11.5. The van der Waals surface area contributed by atoms with Crippen LogP contribution in [0.2, 0.25) is 10.0 Å². The first kappa shape index (κ1) is 26.3. The number of hydrogen-bond acceptors (Lipinski definition) is 7. The molecule has 0 saturated heterocycles. The molecule has 35 heavy (non-hydrogen) atoms. The summed E-state index contributed by atoms with van der Waals surface area (Å²) >= 11 is 13.2. The molecule has 0 atom stereocenters. The van der Waals surface area contributed by atoms with E-state index in [-0.39, 0.29) is 27.9 Å². The van der Waals surface area contributed by atoms with Gasteiger partial charge in [-0.15, -0.1) is 11.3 Å². The number of benzene rings is 2. The zero-order chi connectivity index (χ0) is 25.6. The number of amides is 1. The lowest BCUT2D eigenvalue weighted by Gasteiger charge is -2.09. The van der Waals surface area contributed by atoms with E-state index in [9.17, 15) is 22.8 Å². The first-order valence-electron chi connectivity index (χ1n) is 9.55. The molecular formula is C21H15Cl2F3N4O4S. The number of alkyl halides is 3. The van der Waals surface area contributed by atoms with E-state index in [0.717, 1.165) is 23.5 Å². The quantitative estimate of drug-likeness (QED) is 0.245. The number of carbonyl (C=O) groups is 2. The Bertz CT molecular complexity index is 1240. The predicted octanol–water partition coefficient (Wildman–Crippen LogP) is 5.37. The van der Waals surface area contributed by atoms with E-state index < -0.39 is 30.2 Å². The number of anilines is 2. The fraction of sp³-hybridized carbons (Fsp3) is 0.143. The number of nitrogens with zero attached hydrogens (tertiary/aromatic N) is 2. The molecule has 1 heterocycles. The minimum atomic E-state index is -4.46. The van der Waals surface area contributed by atoms with Crippen molar-refractivity contribution in [3.63, 3.8) is 0 Å². The van der Waals surface area contributed by atoms with Gasteiger partial charge in [0.1, 0.15) is 0 Å². The second-order valence-electron chi connectivity index (χ2n) is 6.81. The lowest BCUT2D eigenvalue weighted by atomic mass is 10.2. The molecule has 184 valence electrons. The van der Waals surface area contributed by atoms with Gasteiger partial charge in [0.15, 0.2) is 17.5 Å². The second kappa shape index (κ2) is 11.4. The van der Waals surface area contributed by atoms with Crippen LogP contribution in [0, 0.1) is 0 Å². The molecular weight excluding hydrogens is 532 g/mol. The smallest absolute Gasteiger partial charge is 0.416 e. The number of rotatable bonds is 9. The number of hydrogen-bond donors (Lipinski definition) is 3. The second-order valence-corrected chi connectivity index (χ2v) is 8.49. The van der Waals surface area contributed by atoms with Crippen LogP contribution in [0.5, 0.6) is 5.75 Å². The Hall–Kier alpha value is -3.35. The highest BCUT2D eigenvalue weighted by molar-refractivity contribution is 7.13. The molecule has 0 radical (unpaired) electrons. The van der Waals surface area contributed by atoms with Crippen LogP contribution in [0.4, 0.5) is 24.0 Å². The van der Waals surface area contributed by atoms with Crippen molar-refractivity contribution < 1.29 is 32.6 Å². The number of aliphatic carboxylic acids is 1. The number of aromatic nitrogens is 1. The summed E-state index contributed by atoms with van der Waals surface area (Å²) in [4.78, 5) is 26.9. The molecule has 0 aliphatic rings. The van der Waals surface area contributed by atoms with E-state index in [0.29, 0.717) is 16.4 Å². The Morgan fingerprint density at radius 2 is 1.91 bits per heavy atom. The molecule has 0 aliphatic heterocycles. The molecule has 1 amide bonds. The van der Waals surface area contributed by atoms with Crippen molar-refractivity contribution in [2.75, 3.05) is 11.9 Å². The molecule has 0 bridgehead atoms. The maximum Gasteiger partial charge on any atom is 0.416 e. The van der Waals surface area contributed by atoms with Gasteiger partial charge in [0, 0.05) is 11.1 Å². The lowest BCUT2D eigenvalue weighted by Crippen LogP contribution is -2.20. The fourth-order valence-corrected chi connectivity index (χ4v) is 3.99. The van der Waals surface area contributed by atoms with Crippen LogP contribution in [0.15, 0.2) is 46.9 Å². The molecule has 1 aromatic heterocycles. The van der Waals surface area contributed by atoms with Gasteiger partial charge in [0.05, 0.1) is 33.9 Å². The third-order valence-corrected chi connectivity index (χ3v) is 5.47. The topological polar surface area (TPSA) is 113 Å². The van der Waals surface area contributed by atoms with Gasteiger partial charge in [-0.05, 0) is 35.9 Å². The highest BCUT2D eigenvalue weighted by atomic mass is 35.5. The van der Waals surface area contributed by atoms with Crippen LogP contribution < -0.4 is 15.5 Å². The molecule has 3 aromatic rings. The zero-order valence-electron chi connectivity index (χ0n) is 17.4. The number of ether oxygens (including phenoxy) is 1. The summed E-state index contributed by atoms with van der Waals surface area (Å²) in [6.45, 7) is -0.614. The van der Waals surface area contributed by atoms with E-state index in [1.165, 1.54) is 30.5 Å². The van der Waals surface area contributed by atoms with Crippen molar-refractivity contribution in [2.45, 2.75) is 12.6 Å². The third kappa shape index (κ3) is 7.84. The Labute approximate surface area is 210 Å². The van der Waals surface area contributed by atoms with E-state index in [2.05, 4.69) is 20.8 Å². The van der Waals surface area contributed by atoms with Gasteiger partial charge < -0.3 is 15.2 Å². The molecule has 0 fully saturated rings. The Kier molecular flexibility index (Phi) is 8.54. The summed E-state index contributed by atoms with van der Waals surface area (Å²) in [6.07, 6.45) is -3.31. The number of carbonyl (C=O) groups excluding carboxylic acids is 1. The van der Waals surface area contributed by atoms with E-state index in [1.807, 2.05) is 0 Å². The number of hydrazone groups is 1. The molecule has 0 unspecified atom stereocenters. The first-order chi connectivity index (χ1) is 16.5. The highest BCUT2D eigenvalue weighted by Gasteiger charge is 2.30. The van der Waals surface area contributed by atoms with Gasteiger partial charge in [0.25, 0.3) is 0 Å². The number of carboxylic acids is 1. The summed E-state index contributed by atoms with van der Waals surface area (Å²) in [6, 6.07) is 7.53. The minimum Gasteiger partial charge on any atom is -0.479 e. The maximum atomic E-state index is 12.8. The third-order valence-electron chi connectivity index (χ3n) is 4.10. The maximum absolute atomic E-state index is 12.8. The molecule has 0 aliphatic carbocycles.